The molecule has 5 nitrogen and oxygen atoms in total. The van der Waals surface area contributed by atoms with Gasteiger partial charge in [-0.05, 0) is 50.1 Å². The molecule has 1 aliphatic rings. The summed E-state index contributed by atoms with van der Waals surface area (Å²) in [7, 11) is -3.49. The zero-order valence-electron chi connectivity index (χ0n) is 11.7. The molecule has 2 N–H and O–H groups in total. The summed E-state index contributed by atoms with van der Waals surface area (Å²) in [4.78, 5) is 0.250. The third kappa shape index (κ3) is 3.95. The first-order valence-electron chi connectivity index (χ1n) is 6.81. The Balaban J connectivity index is 0.00000220. The zero-order valence-corrected chi connectivity index (χ0v) is 13.4. The minimum atomic E-state index is -3.49. The highest BCUT2D eigenvalue weighted by Crippen LogP contribution is 2.26. The Hall–Kier alpha value is -1.13. The van der Waals surface area contributed by atoms with E-state index < -0.39 is 10.0 Å². The van der Waals surface area contributed by atoms with Crippen molar-refractivity contribution in [2.24, 2.45) is 5.73 Å². The first kappa shape index (κ1) is 17.9. The van der Waals surface area contributed by atoms with Crippen LogP contribution in [0.1, 0.15) is 31.2 Å². The average Bonchev–Trinajstić information content (AvgIpc) is 2.48. The van der Waals surface area contributed by atoms with Gasteiger partial charge in [-0.2, -0.15) is 9.57 Å². The highest BCUT2D eigenvalue weighted by molar-refractivity contribution is 7.89. The first-order valence-corrected chi connectivity index (χ1v) is 8.25. The lowest BCUT2D eigenvalue weighted by Crippen LogP contribution is -2.44. The van der Waals surface area contributed by atoms with Gasteiger partial charge in [-0.1, -0.05) is 6.42 Å². The predicted molar refractivity (Wildman–Crippen MR) is 83.6 cm³/mol. The number of piperidine rings is 1. The molecule has 1 aromatic carbocycles. The van der Waals surface area contributed by atoms with Gasteiger partial charge in [-0.3, -0.25) is 0 Å². The number of sulfonamides is 1. The summed E-state index contributed by atoms with van der Waals surface area (Å²) in [6.07, 6.45) is 3.49. The fourth-order valence-electron chi connectivity index (χ4n) is 2.61. The Kier molecular flexibility index (Phi) is 6.62. The first-order chi connectivity index (χ1) is 9.59. The molecule has 116 valence electrons. The summed E-state index contributed by atoms with van der Waals surface area (Å²) < 4.78 is 26.9. The van der Waals surface area contributed by atoms with E-state index >= 15 is 0 Å². The molecule has 21 heavy (non-hydrogen) atoms. The van der Waals surface area contributed by atoms with Crippen LogP contribution in [0.25, 0.3) is 0 Å². The fraction of sp³-hybridized carbons (Fsp3) is 0.500. The van der Waals surface area contributed by atoms with Crippen LogP contribution < -0.4 is 5.73 Å². The van der Waals surface area contributed by atoms with Crippen molar-refractivity contribution < 1.29 is 8.42 Å². The van der Waals surface area contributed by atoms with Crippen molar-refractivity contribution in [3.8, 4) is 6.07 Å². The Morgan fingerprint density at radius 3 is 2.52 bits per heavy atom. The monoisotopic (exact) mass is 329 g/mol. The van der Waals surface area contributed by atoms with E-state index in [9.17, 15) is 8.42 Å². The van der Waals surface area contributed by atoms with E-state index in [0.29, 0.717) is 25.1 Å². The van der Waals surface area contributed by atoms with Crippen LogP contribution in [0.5, 0.6) is 0 Å². The molecule has 2 rings (SSSR count). The van der Waals surface area contributed by atoms with Crippen molar-refractivity contribution in [2.45, 2.75) is 36.6 Å². The average molecular weight is 330 g/mol. The van der Waals surface area contributed by atoms with E-state index in [0.717, 1.165) is 19.3 Å². The molecule has 1 aromatic rings. The smallest absolute Gasteiger partial charge is 0.243 e. The number of nitrogens with two attached hydrogens (primary N) is 1. The number of nitrogens with zero attached hydrogens (tertiary/aromatic N) is 2. The fourth-order valence-corrected chi connectivity index (χ4v) is 4.33. The van der Waals surface area contributed by atoms with Crippen LogP contribution in [0.4, 0.5) is 0 Å². The molecule has 1 heterocycles. The summed E-state index contributed by atoms with van der Waals surface area (Å²) in [5.41, 5.74) is 6.04. The van der Waals surface area contributed by atoms with Gasteiger partial charge in [-0.15, -0.1) is 12.4 Å². The van der Waals surface area contributed by atoms with Crippen molar-refractivity contribution in [3.63, 3.8) is 0 Å². The highest BCUT2D eigenvalue weighted by Gasteiger charge is 2.32. The van der Waals surface area contributed by atoms with Gasteiger partial charge in [0.25, 0.3) is 0 Å². The zero-order chi connectivity index (χ0) is 14.6. The van der Waals surface area contributed by atoms with E-state index in [2.05, 4.69) is 0 Å². The van der Waals surface area contributed by atoms with Crippen LogP contribution in [0, 0.1) is 11.3 Å². The summed E-state index contributed by atoms with van der Waals surface area (Å²) >= 11 is 0. The molecular weight excluding hydrogens is 310 g/mol. The van der Waals surface area contributed by atoms with E-state index in [4.69, 9.17) is 11.0 Å². The van der Waals surface area contributed by atoms with E-state index in [1.807, 2.05) is 6.07 Å². The number of halogens is 1. The quantitative estimate of drug-likeness (QED) is 0.913. The van der Waals surface area contributed by atoms with Crippen LogP contribution in [0.3, 0.4) is 0 Å². The van der Waals surface area contributed by atoms with Crippen molar-refractivity contribution in [3.05, 3.63) is 29.8 Å². The third-order valence-corrected chi connectivity index (χ3v) is 5.63. The van der Waals surface area contributed by atoms with Gasteiger partial charge in [0.1, 0.15) is 0 Å². The Labute approximate surface area is 132 Å². The van der Waals surface area contributed by atoms with Crippen LogP contribution >= 0.6 is 12.4 Å². The maximum Gasteiger partial charge on any atom is 0.243 e. The summed E-state index contributed by atoms with van der Waals surface area (Å²) in [6, 6.07) is 8.06. The lowest BCUT2D eigenvalue weighted by molar-refractivity contribution is 0.243. The second-order valence-electron chi connectivity index (χ2n) is 4.98. The number of hydrogen-bond acceptors (Lipinski definition) is 4. The largest absolute Gasteiger partial charge is 0.330 e. The Morgan fingerprint density at radius 2 is 1.95 bits per heavy atom. The molecule has 0 radical (unpaired) electrons. The van der Waals surface area contributed by atoms with Crippen LogP contribution in [0.2, 0.25) is 0 Å². The Bertz CT molecular complexity index is 594. The molecule has 0 spiro atoms. The molecule has 0 aromatic heterocycles. The lowest BCUT2D eigenvalue weighted by atomic mass is 10.0. The van der Waals surface area contributed by atoms with Gasteiger partial charge in [0.05, 0.1) is 16.5 Å². The number of hydrogen-bond donors (Lipinski definition) is 1. The second kappa shape index (κ2) is 7.76. The van der Waals surface area contributed by atoms with Crippen LogP contribution in [-0.4, -0.2) is 31.9 Å². The predicted octanol–water partition coefficient (Wildman–Crippen LogP) is 1.87. The molecule has 1 saturated heterocycles. The topological polar surface area (TPSA) is 87.2 Å². The molecule has 1 fully saturated rings. The van der Waals surface area contributed by atoms with Gasteiger partial charge >= 0.3 is 0 Å². The van der Waals surface area contributed by atoms with Gasteiger partial charge in [0.2, 0.25) is 10.0 Å². The van der Waals surface area contributed by atoms with E-state index in [1.165, 1.54) is 24.3 Å². The maximum atomic E-state index is 12.7. The number of benzene rings is 1. The highest BCUT2D eigenvalue weighted by atomic mass is 35.5. The van der Waals surface area contributed by atoms with Gasteiger partial charge in [-0.25, -0.2) is 8.42 Å². The molecule has 0 amide bonds. The van der Waals surface area contributed by atoms with Crippen molar-refractivity contribution in [1.29, 1.82) is 5.26 Å². The molecule has 7 heteroatoms. The normalized spacial score (nSPS) is 19.5. The maximum absolute atomic E-state index is 12.7. The molecule has 0 aliphatic carbocycles. The van der Waals surface area contributed by atoms with Crippen LogP contribution in [-0.2, 0) is 10.0 Å². The van der Waals surface area contributed by atoms with E-state index in [1.54, 1.807) is 4.31 Å². The van der Waals surface area contributed by atoms with Crippen LogP contribution in [0.15, 0.2) is 29.2 Å². The second-order valence-corrected chi connectivity index (χ2v) is 6.87. The van der Waals surface area contributed by atoms with Gasteiger partial charge in [0, 0.05) is 12.6 Å². The van der Waals surface area contributed by atoms with Gasteiger partial charge in [0.15, 0.2) is 0 Å². The number of rotatable bonds is 4. The van der Waals surface area contributed by atoms with Crippen molar-refractivity contribution in [1.82, 2.24) is 4.31 Å². The standard InChI is InChI=1S/C14H19N3O2S.ClH/c15-9-8-13-3-1-2-10-17(13)20(18,19)14-6-4-12(11-16)5-7-14;/h4-7,13H,1-3,8-10,15H2;1H. The van der Waals surface area contributed by atoms with Crippen molar-refractivity contribution in [2.75, 3.05) is 13.1 Å². The SMILES string of the molecule is Cl.N#Cc1ccc(S(=O)(=O)N2CCCCC2CCN)cc1. The third-order valence-electron chi connectivity index (χ3n) is 3.66. The van der Waals surface area contributed by atoms with E-state index in [-0.39, 0.29) is 23.3 Å². The minimum Gasteiger partial charge on any atom is -0.330 e. The summed E-state index contributed by atoms with van der Waals surface area (Å²) in [6.45, 7) is 1.04. The lowest BCUT2D eigenvalue weighted by Gasteiger charge is -2.34. The van der Waals surface area contributed by atoms with Crippen molar-refractivity contribution >= 4 is 22.4 Å². The molecule has 0 saturated carbocycles. The number of nitriles is 1. The molecule has 1 aliphatic heterocycles. The summed E-state index contributed by atoms with van der Waals surface area (Å²) in [5, 5.41) is 8.77. The molecular formula is C14H20ClN3O2S. The molecule has 1 unspecified atom stereocenters. The minimum absolute atomic E-state index is 0. The van der Waals surface area contributed by atoms with Gasteiger partial charge < -0.3 is 5.73 Å². The molecule has 0 bridgehead atoms. The summed E-state index contributed by atoms with van der Waals surface area (Å²) in [5.74, 6) is 0. The Morgan fingerprint density at radius 1 is 1.29 bits per heavy atom. The molecule has 1 atom stereocenters.